The zero-order valence-electron chi connectivity index (χ0n) is 14.6. The molecule has 1 heterocycles. The summed E-state index contributed by atoms with van der Waals surface area (Å²) in [6, 6.07) is 8.32. The minimum atomic E-state index is -1.15. The fourth-order valence-corrected chi connectivity index (χ4v) is 3.08. The van der Waals surface area contributed by atoms with Crippen LogP contribution in [0.15, 0.2) is 30.3 Å². The molecule has 1 aromatic rings. The molecule has 1 fully saturated rings. The molecule has 1 aliphatic heterocycles. The lowest BCUT2D eigenvalue weighted by atomic mass is 9.64. The maximum Gasteiger partial charge on any atom is 0.417 e. The predicted molar refractivity (Wildman–Crippen MR) is 88.3 cm³/mol. The van der Waals surface area contributed by atoms with Crippen molar-refractivity contribution in [2.75, 3.05) is 13.2 Å². The smallest absolute Gasteiger partial charge is 0.417 e. The maximum atomic E-state index is 12.6. The second kappa shape index (κ2) is 7.65. The van der Waals surface area contributed by atoms with Crippen molar-refractivity contribution < 1.29 is 29.0 Å². The molecule has 0 bridgehead atoms. The minimum Gasteiger partial charge on any atom is -0.464 e. The van der Waals surface area contributed by atoms with Crippen LogP contribution in [0.2, 0.25) is 0 Å². The van der Waals surface area contributed by atoms with E-state index in [2.05, 4.69) is 0 Å². The van der Waals surface area contributed by atoms with Gasteiger partial charge in [-0.15, -0.1) is 0 Å². The lowest BCUT2D eigenvalue weighted by Crippen LogP contribution is -2.75. The van der Waals surface area contributed by atoms with E-state index in [-0.39, 0.29) is 19.1 Å². The van der Waals surface area contributed by atoms with Gasteiger partial charge in [-0.2, -0.15) is 0 Å². The summed E-state index contributed by atoms with van der Waals surface area (Å²) in [5.74, 6) is -1.27. The summed E-state index contributed by atoms with van der Waals surface area (Å²) < 4.78 is 10.2. The number of carbonyl (C=O) groups excluding carboxylic acids is 3. The maximum absolute atomic E-state index is 12.6. The Balaban J connectivity index is 2.12. The molecule has 2 unspecified atom stereocenters. The molecule has 25 heavy (non-hydrogen) atoms. The van der Waals surface area contributed by atoms with Crippen LogP contribution in [0.4, 0.5) is 4.79 Å². The molecule has 1 aromatic carbocycles. The van der Waals surface area contributed by atoms with E-state index in [0.717, 1.165) is 10.5 Å². The Morgan fingerprint density at radius 2 is 1.88 bits per heavy atom. The van der Waals surface area contributed by atoms with Crippen LogP contribution in [0.1, 0.15) is 26.3 Å². The number of β-lactam (4-membered cyclic amide) rings is 1. The lowest BCUT2D eigenvalue weighted by molar-refractivity contribution is -0.188. The summed E-state index contributed by atoms with van der Waals surface area (Å²) >= 11 is 0. The molecule has 2 atom stereocenters. The average Bonchev–Trinajstić information content (AvgIpc) is 2.57. The van der Waals surface area contributed by atoms with Gasteiger partial charge in [-0.05, 0) is 11.5 Å². The fraction of sp³-hybridized carbons (Fsp3) is 0.500. The number of imide groups is 1. The van der Waals surface area contributed by atoms with Crippen molar-refractivity contribution in [2.45, 2.75) is 33.4 Å². The van der Waals surface area contributed by atoms with Gasteiger partial charge in [-0.3, -0.25) is 9.59 Å². The molecule has 136 valence electrons. The van der Waals surface area contributed by atoms with E-state index in [4.69, 9.17) is 9.47 Å². The number of nitrogens with zero attached hydrogens (tertiary/aromatic N) is 1. The summed E-state index contributed by atoms with van der Waals surface area (Å²) in [5.41, 5.74) is -0.362. The third-order valence-corrected chi connectivity index (χ3v) is 4.66. The molecule has 0 aromatic heterocycles. The van der Waals surface area contributed by atoms with Gasteiger partial charge in [0, 0.05) is 6.92 Å². The van der Waals surface area contributed by atoms with Crippen LogP contribution in [-0.4, -0.2) is 47.2 Å². The number of hydrogen-bond acceptors (Lipinski definition) is 6. The molecule has 0 radical (unpaired) electrons. The Kier molecular flexibility index (Phi) is 5.79. The standard InChI is InChI=1S/C18H23NO6/c1-12(2)18(11-20)15(10-24-13(3)21)19(16(18)22)17(23)25-9-14-7-5-4-6-8-14/h4-8,12,15,20H,9-11H2,1-3H3. The molecule has 7 heteroatoms. The molecule has 1 N–H and O–H groups in total. The molecule has 2 amide bonds. The van der Waals surface area contributed by atoms with E-state index >= 15 is 0 Å². The Morgan fingerprint density at radius 3 is 2.40 bits per heavy atom. The lowest BCUT2D eigenvalue weighted by Gasteiger charge is -2.54. The second-order valence-electron chi connectivity index (χ2n) is 6.39. The van der Waals surface area contributed by atoms with Gasteiger partial charge in [0.05, 0.1) is 18.1 Å². The Bertz CT molecular complexity index is 644. The van der Waals surface area contributed by atoms with Crippen LogP contribution in [0.3, 0.4) is 0 Å². The number of carbonyl (C=O) groups is 3. The van der Waals surface area contributed by atoms with Crippen molar-refractivity contribution in [2.24, 2.45) is 11.3 Å². The van der Waals surface area contributed by atoms with Crippen LogP contribution in [0.5, 0.6) is 0 Å². The van der Waals surface area contributed by atoms with Gasteiger partial charge in [0.15, 0.2) is 0 Å². The zero-order valence-corrected chi connectivity index (χ0v) is 14.6. The number of aliphatic hydroxyl groups is 1. The van der Waals surface area contributed by atoms with Gasteiger partial charge in [0.1, 0.15) is 13.2 Å². The monoisotopic (exact) mass is 349 g/mol. The normalized spacial score (nSPS) is 22.5. The molecule has 1 saturated heterocycles. The fourth-order valence-electron chi connectivity index (χ4n) is 3.08. The van der Waals surface area contributed by atoms with Crippen LogP contribution in [0.25, 0.3) is 0 Å². The van der Waals surface area contributed by atoms with Crippen molar-refractivity contribution >= 4 is 18.0 Å². The van der Waals surface area contributed by atoms with Crippen molar-refractivity contribution in [1.29, 1.82) is 0 Å². The summed E-state index contributed by atoms with van der Waals surface area (Å²) in [6.07, 6.45) is -0.810. The molecule has 0 saturated carbocycles. The molecule has 1 aliphatic rings. The van der Waals surface area contributed by atoms with Gasteiger partial charge in [0.25, 0.3) is 0 Å². The van der Waals surface area contributed by atoms with Crippen LogP contribution >= 0.6 is 0 Å². The number of hydrogen-bond donors (Lipinski definition) is 1. The van der Waals surface area contributed by atoms with Gasteiger partial charge >= 0.3 is 12.1 Å². The van der Waals surface area contributed by atoms with E-state index in [9.17, 15) is 19.5 Å². The van der Waals surface area contributed by atoms with Gasteiger partial charge in [-0.25, -0.2) is 9.69 Å². The number of esters is 1. The van der Waals surface area contributed by atoms with Gasteiger partial charge < -0.3 is 14.6 Å². The van der Waals surface area contributed by atoms with E-state index in [0.29, 0.717) is 0 Å². The Morgan fingerprint density at radius 1 is 1.24 bits per heavy atom. The average molecular weight is 349 g/mol. The summed E-state index contributed by atoms with van der Waals surface area (Å²) in [6.45, 7) is 4.23. The molecule has 2 rings (SSSR count). The molecule has 0 aliphatic carbocycles. The molecular weight excluding hydrogens is 326 g/mol. The summed E-state index contributed by atoms with van der Waals surface area (Å²) in [4.78, 5) is 37.0. The van der Waals surface area contributed by atoms with Crippen LogP contribution < -0.4 is 0 Å². The van der Waals surface area contributed by atoms with Gasteiger partial charge in [0.2, 0.25) is 5.91 Å². The highest BCUT2D eigenvalue weighted by Gasteiger charge is 2.65. The topological polar surface area (TPSA) is 93.1 Å². The number of aliphatic hydroxyl groups excluding tert-OH is 1. The number of benzene rings is 1. The highest BCUT2D eigenvalue weighted by molar-refractivity contribution is 6.02. The number of rotatable bonds is 6. The van der Waals surface area contributed by atoms with Crippen molar-refractivity contribution in [1.82, 2.24) is 4.90 Å². The Labute approximate surface area is 146 Å². The Hall–Kier alpha value is -2.41. The number of amides is 2. The SMILES string of the molecule is CC(=O)OCC1N(C(=O)OCc2ccccc2)C(=O)C1(CO)C(C)C. The van der Waals surface area contributed by atoms with E-state index in [1.165, 1.54) is 6.92 Å². The van der Waals surface area contributed by atoms with E-state index < -0.39 is 36.0 Å². The molecular formula is C18H23NO6. The second-order valence-corrected chi connectivity index (χ2v) is 6.39. The predicted octanol–water partition coefficient (Wildman–Crippen LogP) is 1.73. The van der Waals surface area contributed by atoms with Crippen molar-refractivity contribution in [3.63, 3.8) is 0 Å². The third kappa shape index (κ3) is 3.51. The summed E-state index contributed by atoms with van der Waals surface area (Å²) in [7, 11) is 0. The first-order valence-corrected chi connectivity index (χ1v) is 8.13. The quantitative estimate of drug-likeness (QED) is 0.621. The first-order valence-electron chi connectivity index (χ1n) is 8.13. The van der Waals surface area contributed by atoms with Crippen molar-refractivity contribution in [3.8, 4) is 0 Å². The van der Waals surface area contributed by atoms with Crippen LogP contribution in [0, 0.1) is 11.3 Å². The first-order chi connectivity index (χ1) is 11.8. The van der Waals surface area contributed by atoms with E-state index in [1.807, 2.05) is 18.2 Å². The molecule has 7 nitrogen and oxygen atoms in total. The minimum absolute atomic E-state index is 0.0253. The van der Waals surface area contributed by atoms with E-state index in [1.54, 1.807) is 26.0 Å². The largest absolute Gasteiger partial charge is 0.464 e. The van der Waals surface area contributed by atoms with Gasteiger partial charge in [-0.1, -0.05) is 44.2 Å². The summed E-state index contributed by atoms with van der Waals surface area (Å²) in [5, 5.41) is 9.78. The molecule has 0 spiro atoms. The zero-order chi connectivity index (χ0) is 18.6. The van der Waals surface area contributed by atoms with Crippen LogP contribution in [-0.2, 0) is 25.7 Å². The first kappa shape index (κ1) is 18.9. The highest BCUT2D eigenvalue weighted by atomic mass is 16.6. The van der Waals surface area contributed by atoms with Crippen molar-refractivity contribution in [3.05, 3.63) is 35.9 Å². The third-order valence-electron chi connectivity index (χ3n) is 4.66. The highest BCUT2D eigenvalue weighted by Crippen LogP contribution is 2.45. The number of likely N-dealkylation sites (tertiary alicyclic amines) is 1. The number of ether oxygens (including phenoxy) is 2.